The van der Waals surface area contributed by atoms with Crippen molar-refractivity contribution in [3.05, 3.63) is 88.0 Å². The van der Waals surface area contributed by atoms with Crippen LogP contribution in [-0.4, -0.2) is 56.3 Å². The Hall–Kier alpha value is -4.06. The zero-order valence-corrected chi connectivity index (χ0v) is 29.2. The minimum Gasteiger partial charge on any atom is -0.497 e. The van der Waals surface area contributed by atoms with Crippen LogP contribution in [0.5, 0.6) is 5.75 Å². The van der Waals surface area contributed by atoms with E-state index in [1.807, 2.05) is 48.2 Å². The van der Waals surface area contributed by atoms with Gasteiger partial charge >= 0.3 is 0 Å². The van der Waals surface area contributed by atoms with Gasteiger partial charge in [-0.2, -0.15) is 0 Å². The van der Waals surface area contributed by atoms with Gasteiger partial charge in [0.05, 0.1) is 38.4 Å². The summed E-state index contributed by atoms with van der Waals surface area (Å²) in [7, 11) is -0.766. The van der Waals surface area contributed by atoms with Crippen LogP contribution in [0.1, 0.15) is 56.6 Å². The Labute approximate surface area is 282 Å². The monoisotopic (exact) mass is 671 g/mol. The molecule has 2 fully saturated rings. The molecule has 3 aliphatic rings. The highest BCUT2D eigenvalue weighted by atomic mass is 28.3. The first kappa shape index (κ1) is 33.8. The SMILES string of the molecule is COc1ccc([Si](C)(C)[C@@H]2[C@@H](CCO)O[C@]3(C(=O)N(Cc4cccc(N5CCCCCCC5=O)c4)c4ccc([N+](=O)[O-])cc43)[C@H]2C)cc1. The van der Waals surface area contributed by atoms with E-state index in [4.69, 9.17) is 9.47 Å². The molecule has 0 unspecified atom stereocenters. The van der Waals surface area contributed by atoms with Gasteiger partial charge in [0.2, 0.25) is 5.91 Å². The predicted octanol–water partition coefficient (Wildman–Crippen LogP) is 6.05. The zero-order valence-electron chi connectivity index (χ0n) is 28.2. The molecule has 3 heterocycles. The molecule has 3 aromatic rings. The van der Waals surface area contributed by atoms with Gasteiger partial charge in [-0.25, -0.2) is 0 Å². The zero-order chi connectivity index (χ0) is 34.2. The first-order valence-electron chi connectivity index (χ1n) is 17.0. The number of carbonyl (C=O) groups is 2. The number of carbonyl (C=O) groups excluding carboxylic acids is 2. The van der Waals surface area contributed by atoms with E-state index < -0.39 is 24.7 Å². The summed E-state index contributed by atoms with van der Waals surface area (Å²) in [5.74, 6) is 0.257. The minimum absolute atomic E-state index is 0.0875. The molecule has 4 atom stereocenters. The number of anilines is 2. The maximum absolute atomic E-state index is 15.0. The second-order valence-electron chi connectivity index (χ2n) is 13.9. The number of aliphatic hydroxyl groups is 1. The summed E-state index contributed by atoms with van der Waals surface area (Å²) in [5.41, 5.74) is 1.08. The van der Waals surface area contributed by atoms with E-state index in [1.165, 1.54) is 17.3 Å². The molecule has 11 heteroatoms. The lowest BCUT2D eigenvalue weighted by Crippen LogP contribution is -2.51. The molecule has 2 amide bonds. The van der Waals surface area contributed by atoms with Crippen LogP contribution in [0.25, 0.3) is 0 Å². The molecule has 0 aromatic heterocycles. The van der Waals surface area contributed by atoms with E-state index in [9.17, 15) is 24.8 Å². The van der Waals surface area contributed by atoms with Crippen LogP contribution in [-0.2, 0) is 26.5 Å². The number of nitrogens with zero attached hydrogens (tertiary/aromatic N) is 3. The Morgan fingerprint density at radius 2 is 1.79 bits per heavy atom. The fourth-order valence-corrected chi connectivity index (χ4v) is 12.5. The van der Waals surface area contributed by atoms with E-state index in [1.54, 1.807) is 18.1 Å². The third-order valence-corrected chi connectivity index (χ3v) is 15.2. The van der Waals surface area contributed by atoms with Gasteiger partial charge in [0, 0.05) is 48.9 Å². The number of amides is 2. The number of non-ortho nitro benzene ring substituents is 1. The molecule has 254 valence electrons. The highest BCUT2D eigenvalue weighted by Gasteiger charge is 2.66. The summed E-state index contributed by atoms with van der Waals surface area (Å²) >= 11 is 0. The van der Waals surface area contributed by atoms with E-state index in [-0.39, 0.29) is 42.1 Å². The van der Waals surface area contributed by atoms with Crippen molar-refractivity contribution in [1.29, 1.82) is 0 Å². The van der Waals surface area contributed by atoms with Crippen LogP contribution < -0.4 is 19.7 Å². The fraction of sp³-hybridized carbons (Fsp3) is 0.459. The second kappa shape index (κ2) is 13.4. The molecule has 3 aliphatic heterocycles. The van der Waals surface area contributed by atoms with Crippen LogP contribution in [0.3, 0.4) is 0 Å². The van der Waals surface area contributed by atoms with Crippen LogP contribution >= 0.6 is 0 Å². The molecular weight excluding hydrogens is 627 g/mol. The Balaban J connectivity index is 1.40. The van der Waals surface area contributed by atoms with Crippen LogP contribution in [0.15, 0.2) is 66.7 Å². The van der Waals surface area contributed by atoms with E-state index in [0.717, 1.165) is 42.7 Å². The highest BCUT2D eigenvalue weighted by molar-refractivity contribution is 6.91. The van der Waals surface area contributed by atoms with Crippen molar-refractivity contribution in [2.24, 2.45) is 5.92 Å². The first-order chi connectivity index (χ1) is 23.0. The molecule has 2 saturated heterocycles. The van der Waals surface area contributed by atoms with Gasteiger partial charge in [-0.15, -0.1) is 0 Å². The van der Waals surface area contributed by atoms with E-state index in [2.05, 4.69) is 25.2 Å². The summed E-state index contributed by atoms with van der Waals surface area (Å²) in [6.07, 6.45) is 4.40. The molecule has 6 rings (SSSR count). The van der Waals surface area contributed by atoms with Crippen molar-refractivity contribution < 1.29 is 29.1 Å². The summed E-state index contributed by atoms with van der Waals surface area (Å²) < 4.78 is 12.3. The largest absolute Gasteiger partial charge is 0.497 e. The third kappa shape index (κ3) is 5.81. The number of hydrogen-bond donors (Lipinski definition) is 1. The average Bonchev–Trinajstić information content (AvgIpc) is 3.49. The van der Waals surface area contributed by atoms with Gasteiger partial charge < -0.3 is 24.4 Å². The molecule has 0 saturated carbocycles. The van der Waals surface area contributed by atoms with Crippen molar-refractivity contribution >= 4 is 42.1 Å². The maximum Gasteiger partial charge on any atom is 0.269 e. The summed E-state index contributed by atoms with van der Waals surface area (Å²) in [6, 6.07) is 20.4. The number of nitro benzene ring substituents is 1. The molecule has 10 nitrogen and oxygen atoms in total. The molecule has 0 radical (unpaired) electrons. The molecule has 1 spiro atoms. The molecule has 48 heavy (non-hydrogen) atoms. The van der Waals surface area contributed by atoms with Gasteiger partial charge in [-0.1, -0.05) is 62.3 Å². The number of methoxy groups -OCH3 is 1. The normalized spacial score (nSPS) is 24.5. The van der Waals surface area contributed by atoms with Gasteiger partial charge in [0.25, 0.3) is 11.6 Å². The number of hydrogen-bond acceptors (Lipinski definition) is 7. The summed E-state index contributed by atoms with van der Waals surface area (Å²) in [5, 5.41) is 23.4. The third-order valence-electron chi connectivity index (χ3n) is 10.8. The number of nitro groups is 1. The molecule has 3 aromatic carbocycles. The van der Waals surface area contributed by atoms with Gasteiger partial charge in [-0.3, -0.25) is 19.7 Å². The van der Waals surface area contributed by atoms with Crippen molar-refractivity contribution in [1.82, 2.24) is 0 Å². The Bertz CT molecular complexity index is 1700. The Morgan fingerprint density at radius 1 is 1.04 bits per heavy atom. The summed E-state index contributed by atoms with van der Waals surface area (Å²) in [6.45, 7) is 7.30. The summed E-state index contributed by atoms with van der Waals surface area (Å²) in [4.78, 5) is 43.1. The molecular formula is C37H45N3O7Si. The Kier molecular flexibility index (Phi) is 9.48. The quantitative estimate of drug-likeness (QED) is 0.167. The minimum atomic E-state index is -2.40. The maximum atomic E-state index is 15.0. The predicted molar refractivity (Wildman–Crippen MR) is 187 cm³/mol. The number of aliphatic hydroxyl groups excluding tert-OH is 1. The highest BCUT2D eigenvalue weighted by Crippen LogP contribution is 2.60. The smallest absolute Gasteiger partial charge is 0.269 e. The lowest BCUT2D eigenvalue weighted by molar-refractivity contribution is -0.385. The van der Waals surface area contributed by atoms with Crippen molar-refractivity contribution in [2.45, 2.75) is 82.3 Å². The van der Waals surface area contributed by atoms with Gasteiger partial charge in [-0.05, 0) is 60.7 Å². The standard InChI is InChI=1S/C37H45N3O7Si/c1-25-35(48(3,4)30-16-14-29(46-2)15-17-30)33(19-21-41)47-37(25)31-23-28(40(44)45)13-18-32(31)39(36(37)43)24-26-10-9-11-27(22-26)38-20-8-6-5-7-12-34(38)42/h9-11,13-18,22-23,25,33,35,41H,5-8,12,19-21,24H2,1-4H3/t25-,33+,35-,37+/m0/s1. The molecule has 0 aliphatic carbocycles. The Morgan fingerprint density at radius 3 is 2.50 bits per heavy atom. The lowest BCUT2D eigenvalue weighted by atomic mass is 9.82. The number of rotatable bonds is 9. The van der Waals surface area contributed by atoms with E-state index >= 15 is 0 Å². The van der Waals surface area contributed by atoms with E-state index in [0.29, 0.717) is 30.6 Å². The van der Waals surface area contributed by atoms with Crippen molar-refractivity contribution in [3.63, 3.8) is 0 Å². The topological polar surface area (TPSA) is 122 Å². The first-order valence-corrected chi connectivity index (χ1v) is 20.0. The van der Waals surface area contributed by atoms with Gasteiger partial charge in [0.1, 0.15) is 5.75 Å². The second-order valence-corrected chi connectivity index (χ2v) is 18.6. The number of ether oxygens (including phenoxy) is 2. The number of benzene rings is 3. The van der Waals surface area contributed by atoms with Crippen molar-refractivity contribution in [2.75, 3.05) is 30.1 Å². The van der Waals surface area contributed by atoms with Gasteiger partial charge in [0.15, 0.2) is 5.60 Å². The van der Waals surface area contributed by atoms with Crippen molar-refractivity contribution in [3.8, 4) is 5.75 Å². The lowest BCUT2D eigenvalue weighted by Gasteiger charge is -2.37. The van der Waals surface area contributed by atoms with Crippen LogP contribution in [0.2, 0.25) is 18.6 Å². The molecule has 1 N–H and O–H groups in total. The van der Waals surface area contributed by atoms with Crippen LogP contribution in [0.4, 0.5) is 17.1 Å². The number of fused-ring (bicyclic) bond motifs is 2. The molecule has 0 bridgehead atoms. The fourth-order valence-electron chi connectivity index (χ4n) is 8.41. The van der Waals surface area contributed by atoms with Crippen LogP contribution in [0, 0.1) is 16.0 Å². The average molecular weight is 672 g/mol.